The summed E-state index contributed by atoms with van der Waals surface area (Å²) in [5.74, 6) is 0. The molecule has 1 aromatic rings. The Morgan fingerprint density at radius 2 is 2.07 bits per heavy atom. The van der Waals surface area contributed by atoms with Crippen LogP contribution in [0.25, 0.3) is 0 Å². The Morgan fingerprint density at radius 3 is 2.57 bits per heavy atom. The largest absolute Gasteiger partial charge is 0.397 e. The Morgan fingerprint density at radius 1 is 1.43 bits per heavy atom. The van der Waals surface area contributed by atoms with Crippen LogP contribution in [-0.2, 0) is 0 Å². The highest BCUT2D eigenvalue weighted by Crippen LogP contribution is 2.28. The average molecular weight is 205 g/mol. The fourth-order valence-electron chi connectivity index (χ4n) is 1.09. The van der Waals surface area contributed by atoms with Crippen LogP contribution in [0.5, 0.6) is 0 Å². The molecular weight excluding hydrogens is 195 g/mol. The predicted molar refractivity (Wildman–Crippen MR) is 46.2 cm³/mol. The fraction of sp³-hybridized carbons (Fsp3) is 0.375. The number of aromatic nitrogens is 1. The smallest absolute Gasteiger partial charge is 0.390 e. The van der Waals surface area contributed by atoms with Gasteiger partial charge in [0.25, 0.3) is 0 Å². The molecule has 1 atom stereocenters. The molecule has 78 valence electrons. The number of pyridine rings is 1. The molecule has 0 amide bonds. The normalized spacial score (nSPS) is 14.0. The first-order valence-electron chi connectivity index (χ1n) is 3.93. The number of anilines is 1. The summed E-state index contributed by atoms with van der Waals surface area (Å²) >= 11 is 0. The molecule has 1 heterocycles. The van der Waals surface area contributed by atoms with Crippen molar-refractivity contribution in [3.05, 3.63) is 24.0 Å². The first-order chi connectivity index (χ1) is 6.40. The topological polar surface area (TPSA) is 64.9 Å². The SMILES string of the molecule is Nc1cccnc1[C@H](N)CC(F)(F)F. The molecule has 0 saturated carbocycles. The van der Waals surface area contributed by atoms with Crippen LogP contribution in [0.1, 0.15) is 18.2 Å². The van der Waals surface area contributed by atoms with Crippen molar-refractivity contribution >= 4 is 5.69 Å². The van der Waals surface area contributed by atoms with Gasteiger partial charge >= 0.3 is 6.18 Å². The van der Waals surface area contributed by atoms with E-state index in [0.29, 0.717) is 0 Å². The third kappa shape index (κ3) is 2.88. The van der Waals surface area contributed by atoms with Crippen LogP contribution in [0.2, 0.25) is 0 Å². The van der Waals surface area contributed by atoms with Crippen molar-refractivity contribution in [1.29, 1.82) is 0 Å². The van der Waals surface area contributed by atoms with E-state index in [2.05, 4.69) is 4.98 Å². The number of rotatable bonds is 2. The zero-order valence-corrected chi connectivity index (χ0v) is 7.25. The van der Waals surface area contributed by atoms with E-state index in [1.54, 1.807) is 6.07 Å². The third-order valence-electron chi connectivity index (χ3n) is 1.67. The third-order valence-corrected chi connectivity index (χ3v) is 1.67. The van der Waals surface area contributed by atoms with Gasteiger partial charge < -0.3 is 11.5 Å². The van der Waals surface area contributed by atoms with Crippen molar-refractivity contribution in [1.82, 2.24) is 4.98 Å². The van der Waals surface area contributed by atoms with Crippen LogP contribution in [0.15, 0.2) is 18.3 Å². The van der Waals surface area contributed by atoms with Gasteiger partial charge in [-0.1, -0.05) is 0 Å². The van der Waals surface area contributed by atoms with Gasteiger partial charge in [0.1, 0.15) is 0 Å². The van der Waals surface area contributed by atoms with E-state index < -0.39 is 18.6 Å². The van der Waals surface area contributed by atoms with E-state index in [4.69, 9.17) is 11.5 Å². The second-order valence-electron chi connectivity index (χ2n) is 2.90. The van der Waals surface area contributed by atoms with E-state index >= 15 is 0 Å². The van der Waals surface area contributed by atoms with Crippen molar-refractivity contribution in [3.8, 4) is 0 Å². The molecule has 0 unspecified atom stereocenters. The lowest BCUT2D eigenvalue weighted by Crippen LogP contribution is -2.22. The maximum Gasteiger partial charge on any atom is 0.390 e. The quantitative estimate of drug-likeness (QED) is 0.770. The summed E-state index contributed by atoms with van der Waals surface area (Å²) in [7, 11) is 0. The van der Waals surface area contributed by atoms with Gasteiger partial charge in [-0.25, -0.2) is 0 Å². The fourth-order valence-corrected chi connectivity index (χ4v) is 1.09. The maximum atomic E-state index is 12.0. The molecule has 0 fully saturated rings. The lowest BCUT2D eigenvalue weighted by atomic mass is 10.1. The molecule has 1 rings (SSSR count). The number of halogens is 3. The van der Waals surface area contributed by atoms with Gasteiger partial charge in [0, 0.05) is 6.20 Å². The number of nitrogens with zero attached hydrogens (tertiary/aromatic N) is 1. The highest BCUT2D eigenvalue weighted by Gasteiger charge is 2.31. The van der Waals surface area contributed by atoms with Crippen molar-refractivity contribution in [3.63, 3.8) is 0 Å². The van der Waals surface area contributed by atoms with Crippen LogP contribution in [0.3, 0.4) is 0 Å². The molecular formula is C8H10F3N3. The average Bonchev–Trinajstić information content (AvgIpc) is 2.01. The summed E-state index contributed by atoms with van der Waals surface area (Å²) in [5, 5.41) is 0. The summed E-state index contributed by atoms with van der Waals surface area (Å²) < 4.78 is 35.9. The summed E-state index contributed by atoms with van der Waals surface area (Å²) in [5.41, 5.74) is 11.0. The van der Waals surface area contributed by atoms with Crippen molar-refractivity contribution in [2.45, 2.75) is 18.6 Å². The Balaban J connectivity index is 2.80. The zero-order chi connectivity index (χ0) is 10.8. The molecule has 3 nitrogen and oxygen atoms in total. The van der Waals surface area contributed by atoms with Gasteiger partial charge in [0.2, 0.25) is 0 Å². The van der Waals surface area contributed by atoms with E-state index in [1.807, 2.05) is 0 Å². The molecule has 1 aromatic heterocycles. The summed E-state index contributed by atoms with van der Waals surface area (Å²) in [6.45, 7) is 0. The molecule has 0 radical (unpaired) electrons. The number of nitrogens with two attached hydrogens (primary N) is 2. The minimum atomic E-state index is -4.30. The molecule has 0 aromatic carbocycles. The molecule has 4 N–H and O–H groups in total. The number of hydrogen-bond donors (Lipinski definition) is 2. The lowest BCUT2D eigenvalue weighted by Gasteiger charge is -2.14. The van der Waals surface area contributed by atoms with Gasteiger partial charge in [-0.2, -0.15) is 13.2 Å². The first-order valence-corrected chi connectivity index (χ1v) is 3.93. The molecule has 14 heavy (non-hydrogen) atoms. The first kappa shape index (κ1) is 10.8. The van der Waals surface area contributed by atoms with Gasteiger partial charge in [-0.05, 0) is 12.1 Å². The predicted octanol–water partition coefficient (Wildman–Crippen LogP) is 1.62. The number of hydrogen-bond acceptors (Lipinski definition) is 3. The highest BCUT2D eigenvalue weighted by molar-refractivity contribution is 5.43. The van der Waals surface area contributed by atoms with Crippen molar-refractivity contribution < 1.29 is 13.2 Å². The van der Waals surface area contributed by atoms with Crippen LogP contribution in [0.4, 0.5) is 18.9 Å². The highest BCUT2D eigenvalue weighted by atomic mass is 19.4. The molecule has 0 aliphatic rings. The van der Waals surface area contributed by atoms with Gasteiger partial charge in [-0.3, -0.25) is 4.98 Å². The molecule has 0 saturated heterocycles. The molecule has 0 aliphatic heterocycles. The van der Waals surface area contributed by atoms with Gasteiger partial charge in [0.15, 0.2) is 0 Å². The summed E-state index contributed by atoms with van der Waals surface area (Å²) in [4.78, 5) is 3.71. The second kappa shape index (κ2) is 3.83. The minimum Gasteiger partial charge on any atom is -0.397 e. The minimum absolute atomic E-state index is 0.0878. The summed E-state index contributed by atoms with van der Waals surface area (Å²) in [6.07, 6.45) is -4.06. The van der Waals surface area contributed by atoms with E-state index in [9.17, 15) is 13.2 Å². The van der Waals surface area contributed by atoms with Crippen LogP contribution in [0, 0.1) is 0 Å². The van der Waals surface area contributed by atoms with Crippen molar-refractivity contribution in [2.75, 3.05) is 5.73 Å². The Bertz CT molecular complexity index is 311. The Kier molecular flexibility index (Phi) is 2.95. The standard InChI is InChI=1S/C8H10F3N3/c9-8(10,11)4-6(13)7-5(12)2-1-3-14-7/h1-3,6H,4,12-13H2/t6-/m1/s1. The Hall–Kier alpha value is -1.30. The van der Waals surface area contributed by atoms with Crippen molar-refractivity contribution in [2.24, 2.45) is 5.73 Å². The zero-order valence-electron chi connectivity index (χ0n) is 7.25. The molecule has 6 heteroatoms. The molecule has 0 bridgehead atoms. The van der Waals surface area contributed by atoms with Gasteiger partial charge in [-0.15, -0.1) is 0 Å². The number of nitrogen functional groups attached to an aromatic ring is 1. The van der Waals surface area contributed by atoms with E-state index in [0.717, 1.165) is 0 Å². The monoisotopic (exact) mass is 205 g/mol. The number of alkyl halides is 3. The maximum absolute atomic E-state index is 12.0. The lowest BCUT2D eigenvalue weighted by molar-refractivity contribution is -0.138. The van der Waals surface area contributed by atoms with Crippen LogP contribution >= 0.6 is 0 Å². The van der Waals surface area contributed by atoms with E-state index in [1.165, 1.54) is 12.3 Å². The van der Waals surface area contributed by atoms with Crippen LogP contribution in [-0.4, -0.2) is 11.2 Å². The summed E-state index contributed by atoms with van der Waals surface area (Å²) in [6, 6.07) is 1.81. The van der Waals surface area contributed by atoms with E-state index in [-0.39, 0.29) is 11.4 Å². The molecule has 0 spiro atoms. The molecule has 0 aliphatic carbocycles. The second-order valence-corrected chi connectivity index (χ2v) is 2.90. The van der Waals surface area contributed by atoms with Gasteiger partial charge in [0.05, 0.1) is 23.8 Å². The van der Waals surface area contributed by atoms with Crippen LogP contribution < -0.4 is 11.5 Å². The Labute approximate surface area is 78.9 Å².